The van der Waals surface area contributed by atoms with Gasteiger partial charge in [-0.3, -0.25) is 33.5 Å². The molecule has 7 amide bonds. The summed E-state index contributed by atoms with van der Waals surface area (Å²) in [6.45, 7) is 12.7. The van der Waals surface area contributed by atoms with Crippen LogP contribution in [0.2, 0.25) is 0 Å². The Labute approximate surface area is 498 Å². The lowest BCUT2D eigenvalue weighted by molar-refractivity contribution is -0.144. The number of likely N-dealkylation sites (tertiary alicyclic amines) is 1. The predicted molar refractivity (Wildman–Crippen MR) is 323 cm³/mol. The fourth-order valence-electron chi connectivity index (χ4n) is 11.7. The van der Waals surface area contributed by atoms with E-state index in [1.54, 1.807) is 45.9 Å². The van der Waals surface area contributed by atoms with Crippen LogP contribution in [0.15, 0.2) is 140 Å². The van der Waals surface area contributed by atoms with Crippen molar-refractivity contribution in [2.45, 2.75) is 148 Å². The molecule has 448 valence electrons. The van der Waals surface area contributed by atoms with E-state index in [0.717, 1.165) is 51.8 Å². The molecule has 3 N–H and O–H groups in total. The van der Waals surface area contributed by atoms with Crippen LogP contribution in [0.3, 0.4) is 0 Å². The minimum atomic E-state index is -1.14. The van der Waals surface area contributed by atoms with Crippen molar-refractivity contribution in [3.8, 4) is 0 Å². The second kappa shape index (κ2) is 26.2. The summed E-state index contributed by atoms with van der Waals surface area (Å²) in [5.41, 5.74) is 5.41. The quantitative estimate of drug-likeness (QED) is 0.0838. The van der Waals surface area contributed by atoms with Crippen molar-refractivity contribution in [2.24, 2.45) is 5.41 Å². The zero-order valence-corrected chi connectivity index (χ0v) is 50.2. The van der Waals surface area contributed by atoms with E-state index in [1.165, 1.54) is 26.3 Å². The van der Waals surface area contributed by atoms with Crippen LogP contribution in [0.4, 0.5) is 14.4 Å². The highest BCUT2D eigenvalue weighted by Gasteiger charge is 2.47. The Morgan fingerprint density at radius 2 is 1.41 bits per heavy atom. The molecule has 5 aromatic carbocycles. The molecule has 2 aliphatic heterocycles. The van der Waals surface area contributed by atoms with Crippen LogP contribution in [-0.2, 0) is 65.9 Å². The molecule has 1 aromatic heterocycles. The molecule has 7 atom stereocenters. The number of hydrogen-bond donors (Lipinski definition) is 3. The molecule has 18 heteroatoms. The SMILES string of the molecule is COC[C@H](c1ccccc1)N(Cc1ccc2c(ccn2C(=O)N[C@H]2C[C@@H](C(=O)N[C@@H]3CCCc4ccccc43)N(C(=O)[C@@H](NC(=O)[C@H](C)N(C)C(=O)OC(C)(C)C)C(C)(C)C)C2)c1)C(=O)[C@@H]1Cc2ccccc2CN1C(=O)OCc1ccccc1. The molecule has 0 radical (unpaired) electrons. The zero-order valence-electron chi connectivity index (χ0n) is 50.2. The van der Waals surface area contributed by atoms with Crippen molar-refractivity contribution in [1.29, 1.82) is 0 Å². The van der Waals surface area contributed by atoms with Gasteiger partial charge in [-0.2, -0.15) is 0 Å². The van der Waals surface area contributed by atoms with E-state index in [9.17, 15) is 24.0 Å². The number of carbonyl (C=O) groups excluding carboxylic acids is 7. The third-order valence-corrected chi connectivity index (χ3v) is 16.4. The average molecular weight is 1160 g/mol. The van der Waals surface area contributed by atoms with E-state index < -0.39 is 77.3 Å². The lowest BCUT2D eigenvalue weighted by atomic mass is 9.85. The Morgan fingerprint density at radius 3 is 2.11 bits per heavy atom. The highest BCUT2D eigenvalue weighted by molar-refractivity contribution is 5.96. The molecule has 1 aliphatic carbocycles. The molecule has 0 unspecified atom stereocenters. The first-order chi connectivity index (χ1) is 40.6. The van der Waals surface area contributed by atoms with E-state index in [-0.39, 0.29) is 63.5 Å². The van der Waals surface area contributed by atoms with Gasteiger partial charge in [-0.1, -0.05) is 136 Å². The summed E-state index contributed by atoms with van der Waals surface area (Å²) in [6, 6.07) is 36.2. The van der Waals surface area contributed by atoms with Gasteiger partial charge < -0.3 is 40.0 Å². The second-order valence-corrected chi connectivity index (χ2v) is 24.7. The Balaban J connectivity index is 0.969. The van der Waals surface area contributed by atoms with E-state index in [4.69, 9.17) is 14.2 Å². The fourth-order valence-corrected chi connectivity index (χ4v) is 11.7. The highest BCUT2D eigenvalue weighted by atomic mass is 16.6. The van der Waals surface area contributed by atoms with Crippen molar-refractivity contribution in [3.63, 3.8) is 0 Å². The zero-order chi connectivity index (χ0) is 60.7. The number of carbonyl (C=O) groups is 7. The maximum absolute atomic E-state index is 15.5. The number of amides is 7. The van der Waals surface area contributed by atoms with Crippen LogP contribution in [0, 0.1) is 5.41 Å². The van der Waals surface area contributed by atoms with E-state index in [1.807, 2.05) is 148 Å². The minimum Gasteiger partial charge on any atom is -0.445 e. The van der Waals surface area contributed by atoms with E-state index in [2.05, 4.69) is 22.0 Å². The molecule has 9 rings (SSSR count). The molecular weight excluding hydrogens is 1080 g/mol. The summed E-state index contributed by atoms with van der Waals surface area (Å²) in [7, 11) is 3.05. The Kier molecular flexibility index (Phi) is 18.8. The van der Waals surface area contributed by atoms with Gasteiger partial charge in [0.1, 0.15) is 36.4 Å². The number of hydrogen-bond acceptors (Lipinski definition) is 10. The summed E-state index contributed by atoms with van der Waals surface area (Å²) in [5, 5.41) is 10.00. The summed E-state index contributed by atoms with van der Waals surface area (Å²) in [4.78, 5) is 107. The van der Waals surface area contributed by atoms with Gasteiger partial charge in [0.15, 0.2) is 0 Å². The van der Waals surface area contributed by atoms with Crippen LogP contribution >= 0.6 is 0 Å². The minimum absolute atomic E-state index is 0.0360. The first kappa shape index (κ1) is 61.1. The number of fused-ring (bicyclic) bond motifs is 3. The topological polar surface area (TPSA) is 201 Å². The monoisotopic (exact) mass is 1160 g/mol. The molecule has 1 saturated heterocycles. The lowest BCUT2D eigenvalue weighted by Crippen LogP contribution is -2.60. The van der Waals surface area contributed by atoms with Gasteiger partial charge >= 0.3 is 18.2 Å². The molecule has 6 aromatic rings. The molecule has 3 aliphatic rings. The Morgan fingerprint density at radius 1 is 0.741 bits per heavy atom. The number of aromatic nitrogens is 1. The molecule has 1 fully saturated rings. The van der Waals surface area contributed by atoms with Crippen molar-refractivity contribution in [3.05, 3.63) is 179 Å². The van der Waals surface area contributed by atoms with Gasteiger partial charge in [0.05, 0.1) is 36.8 Å². The third kappa shape index (κ3) is 14.4. The number of nitrogens with zero attached hydrogens (tertiary/aromatic N) is 5. The van der Waals surface area contributed by atoms with Crippen LogP contribution in [-0.4, -0.2) is 129 Å². The summed E-state index contributed by atoms with van der Waals surface area (Å²) < 4.78 is 18.7. The van der Waals surface area contributed by atoms with Crippen molar-refractivity contribution >= 4 is 52.7 Å². The number of likely N-dealkylation sites (N-methyl/N-ethyl adjacent to an activating group) is 1. The lowest BCUT2D eigenvalue weighted by Gasteiger charge is -2.40. The van der Waals surface area contributed by atoms with Crippen LogP contribution < -0.4 is 16.0 Å². The fraction of sp³-hybridized carbons (Fsp3) is 0.418. The molecular formula is C67H80N8O10. The number of methoxy groups -OCH3 is 1. The van der Waals surface area contributed by atoms with Crippen LogP contribution in [0.25, 0.3) is 10.9 Å². The van der Waals surface area contributed by atoms with E-state index in [0.29, 0.717) is 17.3 Å². The Hall–Kier alpha value is -8.51. The summed E-state index contributed by atoms with van der Waals surface area (Å²) in [6.07, 6.45) is 3.19. The first-order valence-corrected chi connectivity index (χ1v) is 29.3. The maximum atomic E-state index is 15.5. The van der Waals surface area contributed by atoms with Gasteiger partial charge in [-0.25, -0.2) is 14.4 Å². The second-order valence-electron chi connectivity index (χ2n) is 24.7. The molecule has 85 heavy (non-hydrogen) atoms. The number of rotatable bonds is 16. The maximum Gasteiger partial charge on any atom is 0.411 e. The molecule has 0 spiro atoms. The number of benzene rings is 5. The largest absolute Gasteiger partial charge is 0.445 e. The Bertz CT molecular complexity index is 3390. The number of aryl methyl sites for hydroxylation is 1. The van der Waals surface area contributed by atoms with Gasteiger partial charge in [-0.15, -0.1) is 0 Å². The average Bonchev–Trinajstić information content (AvgIpc) is 3.13. The smallest absolute Gasteiger partial charge is 0.411 e. The molecule has 0 saturated carbocycles. The van der Waals surface area contributed by atoms with Gasteiger partial charge in [-0.05, 0) is 116 Å². The molecule has 0 bridgehead atoms. The van der Waals surface area contributed by atoms with Crippen molar-refractivity contribution in [2.75, 3.05) is 27.3 Å². The summed E-state index contributed by atoms with van der Waals surface area (Å²) in [5.74, 6) is -1.76. The summed E-state index contributed by atoms with van der Waals surface area (Å²) >= 11 is 0. The molecule has 18 nitrogen and oxygen atoms in total. The van der Waals surface area contributed by atoms with Gasteiger partial charge in [0.25, 0.3) is 0 Å². The van der Waals surface area contributed by atoms with Crippen molar-refractivity contribution < 1.29 is 47.8 Å². The van der Waals surface area contributed by atoms with Gasteiger partial charge in [0, 0.05) is 45.3 Å². The van der Waals surface area contributed by atoms with E-state index >= 15 is 9.59 Å². The van der Waals surface area contributed by atoms with Crippen molar-refractivity contribution in [1.82, 2.24) is 40.1 Å². The van der Waals surface area contributed by atoms with Crippen LogP contribution in [0.1, 0.15) is 119 Å². The predicted octanol–water partition coefficient (Wildman–Crippen LogP) is 9.63. The normalized spacial score (nSPS) is 18.6. The molecule has 3 heterocycles. The number of ether oxygens (including phenoxy) is 3. The highest BCUT2D eigenvalue weighted by Crippen LogP contribution is 2.34. The van der Waals surface area contributed by atoms with Gasteiger partial charge in [0.2, 0.25) is 23.6 Å². The first-order valence-electron chi connectivity index (χ1n) is 29.3. The van der Waals surface area contributed by atoms with Crippen LogP contribution in [0.5, 0.6) is 0 Å². The number of nitrogens with one attached hydrogen (secondary N) is 3. The third-order valence-electron chi connectivity index (χ3n) is 16.4. The standard InChI is InChI=1S/C67H80N8O10/c1-43(71(8)64(81)85-67(5,6)7)59(76)70-58(66(2,3)4)62(79)74-40-51(37-55(74)60(77)69-53-30-20-28-46-23-18-19-29-52(46)53)68-63(80)72-34-33-49-35-45(31-32-54(49)72)38-73(57(42-83-9)47-24-14-11-15-25-47)61(78)56-36-48-26-16-17-27-50(48)39-75(56)65(82)84-41-44-21-12-10-13-22-44/h10-19,21-27,29,31-35,43,51,53,55-58H,20,28,30,36-42H2,1-9H3,(H,68,80)(H,69,77)(H,70,76)/t43-,51-,53+,55-,56-,57+,58+/m0/s1.